The van der Waals surface area contributed by atoms with Gasteiger partial charge >= 0.3 is 0 Å². The van der Waals surface area contributed by atoms with Gasteiger partial charge in [-0.25, -0.2) is 4.98 Å². The fourth-order valence-corrected chi connectivity index (χ4v) is 3.58. The van der Waals surface area contributed by atoms with Crippen LogP contribution in [0.3, 0.4) is 0 Å². The van der Waals surface area contributed by atoms with Crippen molar-refractivity contribution < 1.29 is 0 Å². The molecule has 0 bridgehead atoms. The van der Waals surface area contributed by atoms with E-state index >= 15 is 0 Å². The van der Waals surface area contributed by atoms with Crippen LogP contribution in [0.2, 0.25) is 0 Å². The van der Waals surface area contributed by atoms with Crippen molar-refractivity contribution in [2.75, 3.05) is 11.5 Å². The second-order valence-electron chi connectivity index (χ2n) is 3.94. The van der Waals surface area contributed by atoms with Gasteiger partial charge in [0.2, 0.25) is 0 Å². The molecule has 0 spiro atoms. The lowest BCUT2D eigenvalue weighted by atomic mass is 10.1. The summed E-state index contributed by atoms with van der Waals surface area (Å²) in [7, 11) is 0. The minimum absolute atomic E-state index is 0.243. The molecule has 16 heavy (non-hydrogen) atoms. The molecule has 2 aromatic rings. The molecule has 1 aliphatic rings. The molecule has 0 aromatic carbocycles. The largest absolute Gasteiger partial charge is 0.397 e. The van der Waals surface area contributed by atoms with Crippen LogP contribution >= 0.6 is 11.3 Å². The fraction of sp³-hybridized carbons (Fsp3) is 0.273. The molecule has 0 radical (unpaired) electrons. The molecule has 2 heterocycles. The number of fused-ring (bicyclic) bond motifs is 3. The third kappa shape index (κ3) is 1.05. The lowest BCUT2D eigenvalue weighted by Gasteiger charge is -2.04. The van der Waals surface area contributed by atoms with Crippen molar-refractivity contribution in [3.8, 4) is 6.07 Å². The van der Waals surface area contributed by atoms with E-state index < -0.39 is 0 Å². The van der Waals surface area contributed by atoms with Crippen LogP contribution < -0.4 is 11.5 Å². The van der Waals surface area contributed by atoms with Crippen LogP contribution in [0.15, 0.2) is 0 Å². The highest BCUT2D eigenvalue weighted by Crippen LogP contribution is 2.41. The number of pyridine rings is 1. The number of hydrogen-bond donors (Lipinski definition) is 2. The number of nitrogens with two attached hydrogens (primary N) is 2. The number of hydrogen-bond acceptors (Lipinski definition) is 5. The van der Waals surface area contributed by atoms with Gasteiger partial charge in [0, 0.05) is 10.3 Å². The van der Waals surface area contributed by atoms with Crippen LogP contribution in [0.1, 0.15) is 22.4 Å². The lowest BCUT2D eigenvalue weighted by molar-refractivity contribution is 0.917. The zero-order valence-electron chi connectivity index (χ0n) is 8.58. The first kappa shape index (κ1) is 9.43. The Morgan fingerprint density at radius 3 is 2.88 bits per heavy atom. The first-order valence-corrected chi connectivity index (χ1v) is 5.93. The van der Waals surface area contributed by atoms with Crippen LogP contribution in [-0.4, -0.2) is 4.98 Å². The van der Waals surface area contributed by atoms with Crippen LogP contribution in [0.25, 0.3) is 10.2 Å². The monoisotopic (exact) mass is 230 g/mol. The molecule has 0 amide bonds. The van der Waals surface area contributed by atoms with Gasteiger partial charge in [0.15, 0.2) is 0 Å². The molecule has 0 aliphatic heterocycles. The molecule has 1 aliphatic carbocycles. The van der Waals surface area contributed by atoms with Gasteiger partial charge in [-0.2, -0.15) is 5.26 Å². The molecular formula is C11H10N4S. The smallest absolute Gasteiger partial charge is 0.145 e. The molecule has 5 heteroatoms. The molecule has 80 valence electrons. The fourth-order valence-electron chi connectivity index (χ4n) is 2.29. The van der Waals surface area contributed by atoms with Gasteiger partial charge in [-0.15, -0.1) is 11.3 Å². The molecule has 0 saturated heterocycles. The Bertz CT molecular complexity index is 636. The van der Waals surface area contributed by atoms with Crippen molar-refractivity contribution in [1.29, 1.82) is 5.26 Å². The van der Waals surface area contributed by atoms with Gasteiger partial charge in [0.05, 0.1) is 5.69 Å². The molecule has 3 rings (SSSR count). The molecule has 0 unspecified atom stereocenters. The van der Waals surface area contributed by atoms with Crippen molar-refractivity contribution in [2.45, 2.75) is 19.3 Å². The second-order valence-corrected chi connectivity index (χ2v) is 5.02. The van der Waals surface area contributed by atoms with E-state index in [9.17, 15) is 0 Å². The Morgan fingerprint density at radius 2 is 2.12 bits per heavy atom. The number of aryl methyl sites for hydroxylation is 2. The molecular weight excluding hydrogens is 220 g/mol. The van der Waals surface area contributed by atoms with Crippen molar-refractivity contribution in [3.63, 3.8) is 0 Å². The standard InChI is InChI=1S/C11H10N4S/c12-4-6-9(13)8-5-2-1-3-7(5)16-11(8)15-10(6)14/h1-3H2,(H4,13,14,15). The van der Waals surface area contributed by atoms with Crippen molar-refractivity contribution in [2.24, 2.45) is 0 Å². The molecule has 0 atom stereocenters. The predicted molar refractivity (Wildman–Crippen MR) is 65.2 cm³/mol. The summed E-state index contributed by atoms with van der Waals surface area (Å²) in [4.78, 5) is 6.49. The molecule has 2 aromatic heterocycles. The van der Waals surface area contributed by atoms with Gasteiger partial charge in [-0.1, -0.05) is 0 Å². The highest BCUT2D eigenvalue weighted by Gasteiger charge is 2.22. The molecule has 0 fully saturated rings. The normalized spacial score (nSPS) is 13.9. The first-order valence-electron chi connectivity index (χ1n) is 5.11. The van der Waals surface area contributed by atoms with Crippen molar-refractivity contribution in [3.05, 3.63) is 16.0 Å². The van der Waals surface area contributed by atoms with E-state index in [-0.39, 0.29) is 5.82 Å². The number of nitrogen functional groups attached to an aromatic ring is 2. The summed E-state index contributed by atoms with van der Waals surface area (Å²) >= 11 is 1.65. The van der Waals surface area contributed by atoms with E-state index in [0.29, 0.717) is 11.3 Å². The van der Waals surface area contributed by atoms with Gasteiger partial charge in [0.1, 0.15) is 22.3 Å². The zero-order valence-corrected chi connectivity index (χ0v) is 9.40. The van der Waals surface area contributed by atoms with E-state index in [2.05, 4.69) is 4.98 Å². The number of nitrogens with zero attached hydrogens (tertiary/aromatic N) is 2. The summed E-state index contributed by atoms with van der Waals surface area (Å²) in [5.74, 6) is 0.243. The van der Waals surface area contributed by atoms with Gasteiger partial charge in [-0.05, 0) is 24.8 Å². The Labute approximate surface area is 96.5 Å². The van der Waals surface area contributed by atoms with Crippen molar-refractivity contribution in [1.82, 2.24) is 4.98 Å². The lowest BCUT2D eigenvalue weighted by Crippen LogP contribution is -2.00. The maximum atomic E-state index is 9.00. The minimum atomic E-state index is 0.243. The average molecular weight is 230 g/mol. The van der Waals surface area contributed by atoms with E-state index in [4.69, 9.17) is 16.7 Å². The third-order valence-electron chi connectivity index (χ3n) is 3.03. The minimum Gasteiger partial charge on any atom is -0.397 e. The molecule has 4 N–H and O–H groups in total. The molecule has 0 saturated carbocycles. The van der Waals surface area contributed by atoms with Gasteiger partial charge in [0.25, 0.3) is 0 Å². The highest BCUT2D eigenvalue weighted by molar-refractivity contribution is 7.19. The Kier molecular flexibility index (Phi) is 1.82. The first-order chi connectivity index (χ1) is 7.72. The number of rotatable bonds is 0. The molecule has 4 nitrogen and oxygen atoms in total. The zero-order chi connectivity index (χ0) is 11.3. The average Bonchev–Trinajstić information content (AvgIpc) is 2.76. The summed E-state index contributed by atoms with van der Waals surface area (Å²) in [5.41, 5.74) is 13.8. The van der Waals surface area contributed by atoms with Gasteiger partial charge in [-0.3, -0.25) is 0 Å². The van der Waals surface area contributed by atoms with E-state index in [0.717, 1.165) is 23.1 Å². The summed E-state index contributed by atoms with van der Waals surface area (Å²) in [6.45, 7) is 0. The third-order valence-corrected chi connectivity index (χ3v) is 4.22. The summed E-state index contributed by atoms with van der Waals surface area (Å²) in [5, 5.41) is 9.96. The maximum Gasteiger partial charge on any atom is 0.145 e. The van der Waals surface area contributed by atoms with E-state index in [1.54, 1.807) is 11.3 Å². The Morgan fingerprint density at radius 1 is 1.31 bits per heavy atom. The second kappa shape index (κ2) is 3.09. The van der Waals surface area contributed by atoms with Crippen LogP contribution in [0.5, 0.6) is 0 Å². The number of aromatic nitrogens is 1. The summed E-state index contributed by atoms with van der Waals surface area (Å²) in [6.07, 6.45) is 3.30. The number of anilines is 2. The quantitative estimate of drug-likeness (QED) is 0.722. The van der Waals surface area contributed by atoms with Gasteiger partial charge < -0.3 is 11.5 Å². The Balaban J connectivity index is 2.46. The summed E-state index contributed by atoms with van der Waals surface area (Å²) in [6, 6.07) is 2.03. The van der Waals surface area contributed by atoms with E-state index in [1.807, 2.05) is 6.07 Å². The SMILES string of the molecule is N#Cc1c(N)nc2sc3c(c2c1N)CCC3. The number of nitriles is 1. The van der Waals surface area contributed by atoms with E-state index in [1.165, 1.54) is 16.9 Å². The Hall–Kier alpha value is -1.80. The highest BCUT2D eigenvalue weighted by atomic mass is 32.1. The predicted octanol–water partition coefficient (Wildman–Crippen LogP) is 1.82. The number of thiophene rings is 1. The van der Waals surface area contributed by atoms with Crippen LogP contribution in [0, 0.1) is 11.3 Å². The van der Waals surface area contributed by atoms with Crippen LogP contribution in [-0.2, 0) is 12.8 Å². The van der Waals surface area contributed by atoms with Crippen LogP contribution in [0.4, 0.5) is 11.5 Å². The summed E-state index contributed by atoms with van der Waals surface area (Å²) < 4.78 is 0. The van der Waals surface area contributed by atoms with Crippen molar-refractivity contribution >= 4 is 33.1 Å². The maximum absolute atomic E-state index is 9.00. The topological polar surface area (TPSA) is 88.7 Å².